The Kier molecular flexibility index (Phi) is 6.24. The molecule has 3 aromatic rings. The third-order valence-electron chi connectivity index (χ3n) is 6.47. The molecule has 2 aromatic heterocycles. The van der Waals surface area contributed by atoms with E-state index in [1.54, 1.807) is 16.9 Å². The first-order valence-corrected chi connectivity index (χ1v) is 11.4. The van der Waals surface area contributed by atoms with Crippen LogP contribution in [0, 0.1) is 11.6 Å². The molecule has 9 heteroatoms. The quantitative estimate of drug-likeness (QED) is 0.619. The molecule has 2 fully saturated rings. The molecular weight excluding hydrogens is 428 g/mol. The molecule has 1 amide bonds. The average Bonchev–Trinajstić information content (AvgIpc) is 3.48. The van der Waals surface area contributed by atoms with E-state index in [0.29, 0.717) is 23.2 Å². The van der Waals surface area contributed by atoms with Crippen molar-refractivity contribution < 1.29 is 18.3 Å². The fourth-order valence-corrected chi connectivity index (χ4v) is 4.74. The summed E-state index contributed by atoms with van der Waals surface area (Å²) in [6.07, 6.45) is 4.98. The summed E-state index contributed by atoms with van der Waals surface area (Å²) >= 11 is 0. The van der Waals surface area contributed by atoms with Gasteiger partial charge in [-0.25, -0.2) is 13.3 Å². The molecule has 2 saturated heterocycles. The van der Waals surface area contributed by atoms with Crippen LogP contribution >= 0.6 is 0 Å². The van der Waals surface area contributed by atoms with Gasteiger partial charge in [0, 0.05) is 50.2 Å². The van der Waals surface area contributed by atoms with Gasteiger partial charge in [-0.15, -0.1) is 0 Å². The van der Waals surface area contributed by atoms with Crippen molar-refractivity contribution >= 4 is 17.1 Å². The van der Waals surface area contributed by atoms with E-state index in [2.05, 4.69) is 20.2 Å². The van der Waals surface area contributed by atoms with Crippen molar-refractivity contribution in [2.75, 3.05) is 50.8 Å². The van der Waals surface area contributed by atoms with Crippen molar-refractivity contribution in [3.05, 3.63) is 65.5 Å². The molecule has 7 nitrogen and oxygen atoms in total. The van der Waals surface area contributed by atoms with Crippen molar-refractivity contribution in [2.24, 2.45) is 0 Å². The summed E-state index contributed by atoms with van der Waals surface area (Å²) in [4.78, 5) is 17.2. The van der Waals surface area contributed by atoms with Crippen LogP contribution in [0.2, 0.25) is 0 Å². The number of nitrogens with zero attached hydrogens (tertiary/aromatic N) is 4. The van der Waals surface area contributed by atoms with Crippen LogP contribution in [0.5, 0.6) is 0 Å². The Hall–Kier alpha value is -3.04. The van der Waals surface area contributed by atoms with Crippen molar-refractivity contribution in [3.63, 3.8) is 0 Å². The van der Waals surface area contributed by atoms with Gasteiger partial charge in [0.05, 0.1) is 36.5 Å². The number of carbonyl (C=O) groups is 1. The Bertz CT molecular complexity index is 1150. The number of rotatable bonds is 6. The molecule has 0 unspecified atom stereocenters. The number of amides is 1. The molecule has 0 saturated carbocycles. The largest absolute Gasteiger partial charge is 0.379 e. The van der Waals surface area contributed by atoms with Crippen LogP contribution in [0.1, 0.15) is 34.8 Å². The van der Waals surface area contributed by atoms with Gasteiger partial charge < -0.3 is 15.0 Å². The highest BCUT2D eigenvalue weighted by Crippen LogP contribution is 2.38. The Balaban J connectivity index is 1.34. The predicted molar refractivity (Wildman–Crippen MR) is 120 cm³/mol. The zero-order valence-corrected chi connectivity index (χ0v) is 18.3. The number of fused-ring (bicyclic) bond motifs is 1. The SMILES string of the molecule is O=C(NCCN1CCOCC1)c1cnn2ccc(N3CCC[C@@H]3c3cc(F)ccc3F)cc12. The number of morpholine rings is 1. The van der Waals surface area contributed by atoms with Gasteiger partial charge in [-0.3, -0.25) is 9.69 Å². The van der Waals surface area contributed by atoms with Gasteiger partial charge in [0.1, 0.15) is 11.6 Å². The Morgan fingerprint density at radius 1 is 1.15 bits per heavy atom. The van der Waals surface area contributed by atoms with E-state index in [0.717, 1.165) is 64.0 Å². The molecule has 174 valence electrons. The maximum Gasteiger partial charge on any atom is 0.255 e. The molecule has 0 radical (unpaired) electrons. The summed E-state index contributed by atoms with van der Waals surface area (Å²) in [7, 11) is 0. The first kappa shape index (κ1) is 21.8. The molecule has 0 bridgehead atoms. The van der Waals surface area contributed by atoms with Gasteiger partial charge in [0.2, 0.25) is 0 Å². The van der Waals surface area contributed by atoms with Crippen molar-refractivity contribution in [1.29, 1.82) is 0 Å². The van der Waals surface area contributed by atoms with E-state index in [9.17, 15) is 13.6 Å². The molecule has 0 spiro atoms. The molecule has 2 aliphatic rings. The van der Waals surface area contributed by atoms with Gasteiger partial charge in [-0.05, 0) is 43.2 Å². The molecule has 2 aliphatic heterocycles. The van der Waals surface area contributed by atoms with Crippen LogP contribution in [0.15, 0.2) is 42.7 Å². The number of benzene rings is 1. The summed E-state index contributed by atoms with van der Waals surface area (Å²) < 4.78 is 35.3. The number of aromatic nitrogens is 2. The fraction of sp³-hybridized carbons (Fsp3) is 0.417. The zero-order valence-electron chi connectivity index (χ0n) is 18.3. The minimum absolute atomic E-state index is 0.176. The number of hydrogen-bond acceptors (Lipinski definition) is 5. The molecule has 0 aliphatic carbocycles. The summed E-state index contributed by atoms with van der Waals surface area (Å²) in [5.41, 5.74) is 2.40. The lowest BCUT2D eigenvalue weighted by atomic mass is 10.0. The number of ether oxygens (including phenoxy) is 1. The van der Waals surface area contributed by atoms with E-state index in [4.69, 9.17) is 4.74 Å². The number of anilines is 1. The van der Waals surface area contributed by atoms with Crippen LogP contribution in [0.4, 0.5) is 14.5 Å². The van der Waals surface area contributed by atoms with Crippen LogP contribution < -0.4 is 10.2 Å². The van der Waals surface area contributed by atoms with Crippen LogP contribution in [-0.4, -0.2) is 66.4 Å². The molecule has 4 heterocycles. The van der Waals surface area contributed by atoms with E-state index in [1.165, 1.54) is 12.1 Å². The highest BCUT2D eigenvalue weighted by atomic mass is 19.1. The minimum atomic E-state index is -0.444. The lowest BCUT2D eigenvalue weighted by Gasteiger charge is -2.27. The summed E-state index contributed by atoms with van der Waals surface area (Å²) in [5, 5.41) is 7.29. The summed E-state index contributed by atoms with van der Waals surface area (Å²) in [5.74, 6) is -1.02. The van der Waals surface area contributed by atoms with Gasteiger partial charge in [0.15, 0.2) is 0 Å². The standard InChI is InChI=1S/C24H27F2N5O2/c25-17-3-4-21(26)19(14-17)22-2-1-7-30(22)18-5-8-31-23(15-18)20(16-28-31)24(32)27-6-9-29-10-12-33-13-11-29/h3-5,8,14-16,22H,1-2,6-7,9-13H2,(H,27,32)/t22-/m1/s1. The van der Waals surface area contributed by atoms with Crippen LogP contribution in [0.3, 0.4) is 0 Å². The zero-order chi connectivity index (χ0) is 22.8. The van der Waals surface area contributed by atoms with Gasteiger partial charge in [-0.1, -0.05) is 0 Å². The first-order chi connectivity index (χ1) is 16.1. The molecule has 1 atom stereocenters. The number of pyridine rings is 1. The van der Waals surface area contributed by atoms with E-state index >= 15 is 0 Å². The topological polar surface area (TPSA) is 62.1 Å². The third-order valence-corrected chi connectivity index (χ3v) is 6.47. The Labute approximate surface area is 190 Å². The maximum atomic E-state index is 14.5. The normalized spacial score (nSPS) is 19.3. The number of hydrogen-bond donors (Lipinski definition) is 1. The lowest BCUT2D eigenvalue weighted by molar-refractivity contribution is 0.0383. The molecule has 33 heavy (non-hydrogen) atoms. The van der Waals surface area contributed by atoms with Crippen LogP contribution in [-0.2, 0) is 4.74 Å². The Morgan fingerprint density at radius 3 is 2.85 bits per heavy atom. The second kappa shape index (κ2) is 9.44. The van der Waals surface area contributed by atoms with Crippen molar-refractivity contribution in [1.82, 2.24) is 19.8 Å². The number of halogens is 2. The number of carbonyl (C=O) groups excluding carboxylic acids is 1. The third kappa shape index (κ3) is 4.56. The maximum absolute atomic E-state index is 14.5. The minimum Gasteiger partial charge on any atom is -0.379 e. The Morgan fingerprint density at radius 2 is 2.00 bits per heavy atom. The lowest BCUT2D eigenvalue weighted by Crippen LogP contribution is -2.41. The van der Waals surface area contributed by atoms with E-state index < -0.39 is 11.6 Å². The van der Waals surface area contributed by atoms with Crippen molar-refractivity contribution in [2.45, 2.75) is 18.9 Å². The summed E-state index contributed by atoms with van der Waals surface area (Å²) in [6, 6.07) is 7.15. The monoisotopic (exact) mass is 455 g/mol. The van der Waals surface area contributed by atoms with Gasteiger partial charge >= 0.3 is 0 Å². The fourth-order valence-electron chi connectivity index (χ4n) is 4.74. The highest BCUT2D eigenvalue weighted by molar-refractivity contribution is 6.01. The molecular formula is C24H27F2N5O2. The predicted octanol–water partition coefficient (Wildman–Crippen LogP) is 3.02. The average molecular weight is 456 g/mol. The van der Waals surface area contributed by atoms with Gasteiger partial charge in [-0.2, -0.15) is 5.10 Å². The van der Waals surface area contributed by atoms with Crippen molar-refractivity contribution in [3.8, 4) is 0 Å². The van der Waals surface area contributed by atoms with Crippen LogP contribution in [0.25, 0.3) is 5.52 Å². The molecule has 1 aromatic carbocycles. The first-order valence-electron chi connectivity index (χ1n) is 11.4. The van der Waals surface area contributed by atoms with E-state index in [1.807, 2.05) is 12.1 Å². The second-order valence-corrected chi connectivity index (χ2v) is 8.50. The molecule has 1 N–H and O–H groups in total. The van der Waals surface area contributed by atoms with Gasteiger partial charge in [0.25, 0.3) is 5.91 Å². The summed E-state index contributed by atoms with van der Waals surface area (Å²) in [6.45, 7) is 5.24. The number of nitrogens with one attached hydrogen (secondary N) is 1. The molecule has 5 rings (SSSR count). The second-order valence-electron chi connectivity index (χ2n) is 8.50. The van der Waals surface area contributed by atoms with E-state index in [-0.39, 0.29) is 11.9 Å². The smallest absolute Gasteiger partial charge is 0.255 e. The highest BCUT2D eigenvalue weighted by Gasteiger charge is 2.29.